The monoisotopic (exact) mass is 377 g/mol. The number of methoxy groups -OCH3 is 1. The van der Waals surface area contributed by atoms with Crippen molar-refractivity contribution in [2.24, 2.45) is 0 Å². The number of hydrogen-bond donors (Lipinski definition) is 1. The number of rotatable bonds is 8. The van der Waals surface area contributed by atoms with E-state index in [2.05, 4.69) is 5.32 Å². The molecule has 0 aliphatic carbocycles. The first-order chi connectivity index (χ1) is 11.1. The Morgan fingerprint density at radius 2 is 2.00 bits per heavy atom. The lowest BCUT2D eigenvalue weighted by Gasteiger charge is -2.28. The molecule has 9 heteroatoms. The second-order valence-electron chi connectivity index (χ2n) is 5.65. The average molecular weight is 378 g/mol. The summed E-state index contributed by atoms with van der Waals surface area (Å²) < 4.78 is 30.5. The Labute approximate surface area is 148 Å². The summed E-state index contributed by atoms with van der Waals surface area (Å²) in [5, 5.41) is 3.00. The van der Waals surface area contributed by atoms with Crippen LogP contribution in [-0.4, -0.2) is 65.8 Å². The van der Waals surface area contributed by atoms with E-state index in [-0.39, 0.29) is 10.9 Å². The quantitative estimate of drug-likeness (QED) is 0.736. The molecule has 0 heterocycles. The van der Waals surface area contributed by atoms with Crippen LogP contribution in [0.4, 0.5) is 5.69 Å². The number of nitrogens with one attached hydrogen (secondary N) is 1. The normalized spacial score (nSPS) is 12.8. The number of ether oxygens (including phenoxy) is 1. The third kappa shape index (κ3) is 5.54. The Hall–Kier alpha value is -1.51. The highest BCUT2D eigenvalue weighted by Crippen LogP contribution is 2.31. The third-order valence-electron chi connectivity index (χ3n) is 3.34. The molecule has 0 saturated heterocycles. The fourth-order valence-corrected chi connectivity index (χ4v) is 3.57. The molecule has 136 valence electrons. The highest BCUT2D eigenvalue weighted by Gasteiger charge is 2.29. The molecular formula is C15H24ClN3O4S. The molecule has 0 unspecified atom stereocenters. The lowest BCUT2D eigenvalue weighted by Crippen LogP contribution is -2.48. The van der Waals surface area contributed by atoms with Crippen LogP contribution in [0.3, 0.4) is 0 Å². The van der Waals surface area contributed by atoms with E-state index in [0.29, 0.717) is 24.5 Å². The van der Waals surface area contributed by atoms with Crippen molar-refractivity contribution in [3.05, 3.63) is 23.2 Å². The van der Waals surface area contributed by atoms with Crippen LogP contribution >= 0.6 is 11.6 Å². The van der Waals surface area contributed by atoms with E-state index in [9.17, 15) is 13.2 Å². The molecule has 0 fully saturated rings. The molecule has 0 aliphatic rings. The fourth-order valence-electron chi connectivity index (χ4n) is 2.15. The van der Waals surface area contributed by atoms with Gasteiger partial charge in [0.15, 0.2) is 0 Å². The van der Waals surface area contributed by atoms with Crippen LogP contribution in [0.15, 0.2) is 18.2 Å². The summed E-state index contributed by atoms with van der Waals surface area (Å²) in [4.78, 5) is 14.2. The van der Waals surface area contributed by atoms with E-state index >= 15 is 0 Å². The van der Waals surface area contributed by atoms with Gasteiger partial charge in [-0.15, -0.1) is 0 Å². The summed E-state index contributed by atoms with van der Waals surface area (Å²) in [5.41, 5.74) is 0.304. The molecule has 0 aromatic heterocycles. The van der Waals surface area contributed by atoms with Gasteiger partial charge in [-0.25, -0.2) is 8.42 Å². The number of hydrogen-bond acceptors (Lipinski definition) is 5. The molecule has 24 heavy (non-hydrogen) atoms. The highest BCUT2D eigenvalue weighted by molar-refractivity contribution is 7.92. The van der Waals surface area contributed by atoms with Gasteiger partial charge in [0, 0.05) is 13.1 Å². The molecule has 1 rings (SSSR count). The van der Waals surface area contributed by atoms with Crippen LogP contribution in [0.5, 0.6) is 5.75 Å². The predicted octanol–water partition coefficient (Wildman–Crippen LogP) is 1.18. The zero-order valence-electron chi connectivity index (χ0n) is 14.5. The smallest absolute Gasteiger partial charge is 0.243 e. The van der Waals surface area contributed by atoms with E-state index in [0.717, 1.165) is 10.6 Å². The number of nitrogens with zero attached hydrogens (tertiary/aromatic N) is 2. The zero-order valence-corrected chi connectivity index (χ0v) is 16.1. The van der Waals surface area contributed by atoms with Gasteiger partial charge in [0.05, 0.1) is 24.1 Å². The topological polar surface area (TPSA) is 79.0 Å². The van der Waals surface area contributed by atoms with Gasteiger partial charge in [0.1, 0.15) is 11.8 Å². The number of sulfonamides is 1. The number of carbonyl (C=O) groups is 1. The van der Waals surface area contributed by atoms with Crippen LogP contribution in [0.25, 0.3) is 0 Å². The van der Waals surface area contributed by atoms with Crippen molar-refractivity contribution in [3.8, 4) is 5.75 Å². The number of halogens is 1. The van der Waals surface area contributed by atoms with Gasteiger partial charge in [0.2, 0.25) is 15.9 Å². The molecule has 0 radical (unpaired) electrons. The van der Waals surface area contributed by atoms with Gasteiger partial charge >= 0.3 is 0 Å². The van der Waals surface area contributed by atoms with Crippen LogP contribution in [0.2, 0.25) is 5.02 Å². The first-order valence-corrected chi connectivity index (χ1v) is 9.56. The highest BCUT2D eigenvalue weighted by atomic mass is 35.5. The maximum atomic E-state index is 12.3. The Morgan fingerprint density at radius 1 is 1.38 bits per heavy atom. The average Bonchev–Trinajstić information content (AvgIpc) is 2.45. The van der Waals surface area contributed by atoms with Gasteiger partial charge in [-0.2, -0.15) is 0 Å². The number of anilines is 1. The van der Waals surface area contributed by atoms with E-state index in [1.807, 2.05) is 19.0 Å². The minimum absolute atomic E-state index is 0.267. The molecular weight excluding hydrogens is 354 g/mol. The van der Waals surface area contributed by atoms with Crippen molar-refractivity contribution >= 4 is 33.2 Å². The first kappa shape index (κ1) is 20.5. The van der Waals surface area contributed by atoms with E-state index in [1.165, 1.54) is 20.1 Å². The number of likely N-dealkylation sites (N-methyl/N-ethyl adjacent to an activating group) is 1. The molecule has 1 aromatic rings. The standard InChI is InChI=1S/C15H24ClN3O4S/c1-11(15(20)17-8-9-18(2)3)19(24(5,21)22)12-6-7-14(23-4)13(16)10-12/h6-7,10-11H,8-9H2,1-5H3,(H,17,20)/t11-/m1/s1. The first-order valence-electron chi connectivity index (χ1n) is 7.33. The van der Waals surface area contributed by atoms with Gasteiger partial charge in [-0.05, 0) is 39.2 Å². The summed E-state index contributed by atoms with van der Waals surface area (Å²) in [6.45, 7) is 2.62. The Morgan fingerprint density at radius 3 is 2.46 bits per heavy atom. The van der Waals surface area contributed by atoms with Crippen molar-refractivity contribution in [1.82, 2.24) is 10.2 Å². The van der Waals surface area contributed by atoms with Crippen LogP contribution in [-0.2, 0) is 14.8 Å². The molecule has 1 atom stereocenters. The molecule has 0 spiro atoms. The van der Waals surface area contributed by atoms with Crippen molar-refractivity contribution < 1.29 is 17.9 Å². The molecule has 1 aromatic carbocycles. The van der Waals surface area contributed by atoms with Crippen LogP contribution in [0, 0.1) is 0 Å². The summed E-state index contributed by atoms with van der Waals surface area (Å²) in [6.07, 6.45) is 1.05. The van der Waals surface area contributed by atoms with Gasteiger partial charge in [-0.1, -0.05) is 11.6 Å². The second-order valence-corrected chi connectivity index (χ2v) is 7.91. The zero-order chi connectivity index (χ0) is 18.5. The molecule has 1 amide bonds. The number of benzene rings is 1. The lowest BCUT2D eigenvalue weighted by atomic mass is 10.2. The molecule has 1 N–H and O–H groups in total. The SMILES string of the molecule is COc1ccc(N([C@H](C)C(=O)NCCN(C)C)S(C)(=O)=O)cc1Cl. The maximum Gasteiger partial charge on any atom is 0.243 e. The Balaban J connectivity index is 3.05. The number of amides is 1. The third-order valence-corrected chi connectivity index (χ3v) is 4.87. The summed E-state index contributed by atoms with van der Waals surface area (Å²) in [6, 6.07) is 3.67. The van der Waals surface area contributed by atoms with Crippen LogP contribution < -0.4 is 14.4 Å². The van der Waals surface area contributed by atoms with Gasteiger partial charge < -0.3 is 15.0 Å². The van der Waals surface area contributed by atoms with Crippen molar-refractivity contribution in [1.29, 1.82) is 0 Å². The van der Waals surface area contributed by atoms with E-state index in [1.54, 1.807) is 12.1 Å². The van der Waals surface area contributed by atoms with Crippen molar-refractivity contribution in [3.63, 3.8) is 0 Å². The summed E-state index contributed by atoms with van der Waals surface area (Å²) in [5.74, 6) is 0.0474. The Bertz CT molecular complexity index is 679. The van der Waals surface area contributed by atoms with Gasteiger partial charge in [0.25, 0.3) is 0 Å². The summed E-state index contributed by atoms with van der Waals surface area (Å²) >= 11 is 6.07. The minimum Gasteiger partial charge on any atom is -0.495 e. The van der Waals surface area contributed by atoms with E-state index in [4.69, 9.17) is 16.3 Å². The molecule has 0 aliphatic heterocycles. The Kier molecular flexibility index (Phi) is 7.31. The minimum atomic E-state index is -3.68. The molecule has 0 saturated carbocycles. The van der Waals surface area contributed by atoms with Crippen molar-refractivity contribution in [2.75, 3.05) is 44.9 Å². The fraction of sp³-hybridized carbons (Fsp3) is 0.533. The number of carbonyl (C=O) groups excluding carboxylic acids is 1. The largest absolute Gasteiger partial charge is 0.495 e. The predicted molar refractivity (Wildman–Crippen MR) is 96.4 cm³/mol. The molecule has 7 nitrogen and oxygen atoms in total. The maximum absolute atomic E-state index is 12.3. The van der Waals surface area contributed by atoms with Crippen molar-refractivity contribution in [2.45, 2.75) is 13.0 Å². The molecule has 0 bridgehead atoms. The second kappa shape index (κ2) is 8.55. The van der Waals surface area contributed by atoms with Crippen LogP contribution in [0.1, 0.15) is 6.92 Å². The lowest BCUT2D eigenvalue weighted by molar-refractivity contribution is -0.121. The van der Waals surface area contributed by atoms with E-state index < -0.39 is 16.1 Å². The summed E-state index contributed by atoms with van der Waals surface area (Å²) in [7, 11) is 1.56. The van der Waals surface area contributed by atoms with Gasteiger partial charge in [-0.3, -0.25) is 9.10 Å².